The van der Waals surface area contributed by atoms with E-state index >= 15 is 0 Å². The molecule has 0 saturated carbocycles. The van der Waals surface area contributed by atoms with Crippen molar-refractivity contribution >= 4 is 33.3 Å². The van der Waals surface area contributed by atoms with Gasteiger partial charge < -0.3 is 5.73 Å². The fraction of sp³-hybridized carbons (Fsp3) is 0.188. The average molecular weight is 351 g/mol. The number of anilines is 1. The summed E-state index contributed by atoms with van der Waals surface area (Å²) in [6.07, 6.45) is 2.80. The number of rotatable bonds is 3. The average Bonchev–Trinajstić information content (AvgIpc) is 2.96. The number of halogens is 1. The number of nitrogens with two attached hydrogens (primary N) is 1. The number of hydrogen-bond donors (Lipinski definition) is 1. The van der Waals surface area contributed by atoms with Gasteiger partial charge in [0.05, 0.1) is 10.6 Å². The van der Waals surface area contributed by atoms with Gasteiger partial charge in [0.2, 0.25) is 0 Å². The summed E-state index contributed by atoms with van der Waals surface area (Å²) in [5, 5.41) is 0.438. The molecule has 2 aromatic rings. The molecule has 5 nitrogen and oxygen atoms in total. The molecule has 1 aliphatic rings. The van der Waals surface area contributed by atoms with Crippen LogP contribution in [-0.2, 0) is 22.9 Å². The Balaban J connectivity index is 2.08. The van der Waals surface area contributed by atoms with Gasteiger partial charge in [0, 0.05) is 5.02 Å². The minimum Gasteiger partial charge on any atom is -0.350 e. The van der Waals surface area contributed by atoms with Crippen LogP contribution < -0.4 is 10.0 Å². The Labute approximate surface area is 139 Å². The van der Waals surface area contributed by atoms with Crippen molar-refractivity contribution in [2.75, 3.05) is 4.31 Å². The molecule has 0 unspecified atom stereocenters. The lowest BCUT2D eigenvalue weighted by Crippen LogP contribution is -2.40. The Morgan fingerprint density at radius 3 is 2.35 bits per heavy atom. The number of nitrogens with zero attached hydrogens (tertiary/aromatic N) is 1. The number of benzene rings is 2. The van der Waals surface area contributed by atoms with Crippen LogP contribution in [0.15, 0.2) is 47.4 Å². The number of carbonyl (C=O) groups excluding carboxylic acids is 1. The van der Waals surface area contributed by atoms with Crippen LogP contribution in [0.2, 0.25) is 5.02 Å². The quantitative estimate of drug-likeness (QED) is 0.923. The summed E-state index contributed by atoms with van der Waals surface area (Å²) < 4.78 is 26.3. The fourth-order valence-electron chi connectivity index (χ4n) is 2.78. The van der Waals surface area contributed by atoms with Gasteiger partial charge in [-0.05, 0) is 66.8 Å². The summed E-state index contributed by atoms with van der Waals surface area (Å²) in [4.78, 5) is 11.8. The van der Waals surface area contributed by atoms with Gasteiger partial charge in [-0.2, -0.15) is 4.31 Å². The van der Waals surface area contributed by atoms with Crippen molar-refractivity contribution in [2.45, 2.75) is 24.2 Å². The SMILES string of the molecule is NC(=O)N(c1ccc(Cl)cc1)S(=O)(=O)c1ccc2c(c1)CCC2. The number of fused-ring (bicyclic) bond motifs is 1. The summed E-state index contributed by atoms with van der Waals surface area (Å²) in [7, 11) is -4.07. The molecule has 0 radical (unpaired) electrons. The second-order valence-electron chi connectivity index (χ2n) is 5.37. The van der Waals surface area contributed by atoms with Crippen LogP contribution >= 0.6 is 11.6 Å². The van der Waals surface area contributed by atoms with Crippen molar-refractivity contribution in [3.63, 3.8) is 0 Å². The topological polar surface area (TPSA) is 80.5 Å². The van der Waals surface area contributed by atoms with Gasteiger partial charge >= 0.3 is 6.03 Å². The van der Waals surface area contributed by atoms with E-state index in [1.54, 1.807) is 12.1 Å². The summed E-state index contributed by atoms with van der Waals surface area (Å²) in [5.74, 6) is 0. The van der Waals surface area contributed by atoms with Crippen molar-refractivity contribution in [3.05, 3.63) is 58.6 Å². The predicted octanol–water partition coefficient (Wildman–Crippen LogP) is 3.10. The second-order valence-corrected chi connectivity index (χ2v) is 7.59. The van der Waals surface area contributed by atoms with Crippen LogP contribution in [0, 0.1) is 0 Å². The molecule has 0 saturated heterocycles. The van der Waals surface area contributed by atoms with E-state index in [-0.39, 0.29) is 10.6 Å². The minimum absolute atomic E-state index is 0.0619. The third-order valence-electron chi connectivity index (χ3n) is 3.87. The summed E-state index contributed by atoms with van der Waals surface area (Å²) in [5.41, 5.74) is 7.63. The molecule has 23 heavy (non-hydrogen) atoms. The lowest BCUT2D eigenvalue weighted by atomic mass is 10.1. The van der Waals surface area contributed by atoms with Gasteiger partial charge in [-0.3, -0.25) is 0 Å². The molecule has 7 heteroatoms. The number of sulfonamides is 1. The van der Waals surface area contributed by atoms with E-state index in [1.807, 2.05) is 0 Å². The normalized spacial score (nSPS) is 13.6. The zero-order valence-corrected chi connectivity index (χ0v) is 13.8. The van der Waals surface area contributed by atoms with E-state index in [1.165, 1.54) is 30.3 Å². The van der Waals surface area contributed by atoms with Gasteiger partial charge in [0.25, 0.3) is 10.0 Å². The maximum Gasteiger partial charge on any atom is 0.333 e. The van der Waals surface area contributed by atoms with Gasteiger partial charge in [-0.25, -0.2) is 13.2 Å². The van der Waals surface area contributed by atoms with Gasteiger partial charge in [0.15, 0.2) is 0 Å². The minimum atomic E-state index is -4.07. The van der Waals surface area contributed by atoms with E-state index in [4.69, 9.17) is 17.3 Å². The third kappa shape index (κ3) is 2.92. The lowest BCUT2D eigenvalue weighted by molar-refractivity contribution is 0.257. The van der Waals surface area contributed by atoms with Gasteiger partial charge in [0.1, 0.15) is 0 Å². The zero-order chi connectivity index (χ0) is 16.6. The molecule has 0 spiro atoms. The molecular weight excluding hydrogens is 336 g/mol. The Hall–Kier alpha value is -2.05. The summed E-state index contributed by atoms with van der Waals surface area (Å²) in [6, 6.07) is 9.78. The van der Waals surface area contributed by atoms with E-state index in [2.05, 4.69) is 0 Å². The summed E-state index contributed by atoms with van der Waals surface area (Å²) in [6.45, 7) is 0. The van der Waals surface area contributed by atoms with Crippen LogP contribution in [0.5, 0.6) is 0 Å². The fourth-order valence-corrected chi connectivity index (χ4v) is 4.28. The molecule has 0 aromatic heterocycles. The van der Waals surface area contributed by atoms with E-state index < -0.39 is 16.1 Å². The Morgan fingerprint density at radius 2 is 1.70 bits per heavy atom. The molecule has 0 bridgehead atoms. The van der Waals surface area contributed by atoms with Crippen LogP contribution in [0.25, 0.3) is 0 Å². The zero-order valence-electron chi connectivity index (χ0n) is 12.2. The van der Waals surface area contributed by atoms with E-state index in [0.29, 0.717) is 9.33 Å². The molecule has 2 N–H and O–H groups in total. The number of hydrogen-bond acceptors (Lipinski definition) is 3. The Kier molecular flexibility index (Phi) is 4.04. The molecule has 0 atom stereocenters. The van der Waals surface area contributed by atoms with Gasteiger partial charge in [-0.1, -0.05) is 17.7 Å². The summed E-state index contributed by atoms with van der Waals surface area (Å²) >= 11 is 5.81. The first-order valence-electron chi connectivity index (χ1n) is 7.12. The molecule has 120 valence electrons. The van der Waals surface area contributed by atoms with Crippen molar-refractivity contribution < 1.29 is 13.2 Å². The third-order valence-corrected chi connectivity index (χ3v) is 5.84. The van der Waals surface area contributed by atoms with Crippen molar-refractivity contribution in [2.24, 2.45) is 5.73 Å². The predicted molar refractivity (Wildman–Crippen MR) is 89.2 cm³/mol. The first kappa shape index (κ1) is 15.8. The van der Waals surface area contributed by atoms with Crippen molar-refractivity contribution in [3.8, 4) is 0 Å². The second kappa shape index (κ2) is 5.86. The Morgan fingerprint density at radius 1 is 1.04 bits per heavy atom. The van der Waals surface area contributed by atoms with Crippen LogP contribution in [0.3, 0.4) is 0 Å². The molecule has 0 heterocycles. The van der Waals surface area contributed by atoms with Crippen molar-refractivity contribution in [1.82, 2.24) is 0 Å². The van der Waals surface area contributed by atoms with Crippen LogP contribution in [0.4, 0.5) is 10.5 Å². The first-order chi connectivity index (χ1) is 10.9. The molecule has 0 aliphatic heterocycles. The molecule has 1 aliphatic carbocycles. The van der Waals surface area contributed by atoms with Crippen LogP contribution in [0.1, 0.15) is 17.5 Å². The smallest absolute Gasteiger partial charge is 0.333 e. The highest BCUT2D eigenvalue weighted by Gasteiger charge is 2.30. The molecular formula is C16H15ClN2O3S. The first-order valence-corrected chi connectivity index (χ1v) is 8.93. The lowest BCUT2D eigenvalue weighted by Gasteiger charge is -2.21. The Bertz CT molecular complexity index is 863. The van der Waals surface area contributed by atoms with E-state index in [9.17, 15) is 13.2 Å². The largest absolute Gasteiger partial charge is 0.350 e. The number of urea groups is 1. The van der Waals surface area contributed by atoms with Crippen LogP contribution in [-0.4, -0.2) is 14.4 Å². The van der Waals surface area contributed by atoms with Crippen molar-refractivity contribution in [1.29, 1.82) is 0 Å². The standard InChI is InChI=1S/C16H15ClN2O3S/c17-13-5-7-14(8-6-13)19(16(18)20)23(21,22)15-9-4-11-2-1-3-12(11)10-15/h4-10H,1-3H2,(H2,18,20). The highest BCUT2D eigenvalue weighted by atomic mass is 35.5. The molecule has 0 fully saturated rings. The highest BCUT2D eigenvalue weighted by Crippen LogP contribution is 2.29. The van der Waals surface area contributed by atoms with E-state index in [0.717, 1.165) is 30.4 Å². The molecule has 2 aromatic carbocycles. The monoisotopic (exact) mass is 350 g/mol. The maximum atomic E-state index is 12.9. The number of carbonyl (C=O) groups is 1. The molecule has 3 rings (SSSR count). The number of primary amides is 1. The number of amides is 2. The highest BCUT2D eigenvalue weighted by molar-refractivity contribution is 7.93. The molecule has 2 amide bonds. The van der Waals surface area contributed by atoms with Gasteiger partial charge in [-0.15, -0.1) is 0 Å². The number of aryl methyl sites for hydroxylation is 2. The maximum absolute atomic E-state index is 12.9.